The van der Waals surface area contributed by atoms with Crippen LogP contribution in [0.3, 0.4) is 0 Å². The Hall–Kier alpha value is -2.33. The standard InChI is InChI=1S/C16H14ClNO3/c17-9-14(19)12-6-7-15(13(8-12)16(18)20)21-10-11-4-2-1-3-5-11/h1-8H,9-10H2,(H2,18,20). The van der Waals surface area contributed by atoms with Gasteiger partial charge in [-0.25, -0.2) is 0 Å². The van der Waals surface area contributed by atoms with Gasteiger partial charge in [0.2, 0.25) is 0 Å². The predicted molar refractivity (Wildman–Crippen MR) is 80.8 cm³/mol. The Morgan fingerprint density at radius 3 is 2.43 bits per heavy atom. The number of benzene rings is 2. The number of carbonyl (C=O) groups excluding carboxylic acids is 2. The molecule has 1 amide bonds. The van der Waals surface area contributed by atoms with Crippen LogP contribution in [0.4, 0.5) is 0 Å². The maximum absolute atomic E-state index is 11.6. The Labute approximate surface area is 127 Å². The fraction of sp³-hybridized carbons (Fsp3) is 0.125. The van der Waals surface area contributed by atoms with Crippen molar-refractivity contribution >= 4 is 23.3 Å². The number of amides is 1. The molecule has 0 radical (unpaired) electrons. The quantitative estimate of drug-likeness (QED) is 0.659. The highest BCUT2D eigenvalue weighted by atomic mass is 35.5. The van der Waals surface area contributed by atoms with Gasteiger partial charge in [0.1, 0.15) is 12.4 Å². The summed E-state index contributed by atoms with van der Waals surface area (Å²) in [5.41, 5.74) is 6.80. The third-order valence-corrected chi connectivity index (χ3v) is 3.17. The fourth-order valence-electron chi connectivity index (χ4n) is 1.83. The molecule has 0 spiro atoms. The molecule has 2 N–H and O–H groups in total. The average Bonchev–Trinajstić information content (AvgIpc) is 2.52. The van der Waals surface area contributed by atoms with Crippen molar-refractivity contribution in [3.63, 3.8) is 0 Å². The minimum atomic E-state index is -0.651. The van der Waals surface area contributed by atoms with Gasteiger partial charge in [-0.3, -0.25) is 9.59 Å². The van der Waals surface area contributed by atoms with Crippen molar-refractivity contribution in [2.24, 2.45) is 5.73 Å². The molecule has 4 nitrogen and oxygen atoms in total. The molecule has 0 unspecified atom stereocenters. The van der Waals surface area contributed by atoms with Gasteiger partial charge in [0, 0.05) is 5.56 Å². The van der Waals surface area contributed by atoms with Crippen LogP contribution < -0.4 is 10.5 Å². The molecule has 0 saturated heterocycles. The first-order valence-corrected chi connectivity index (χ1v) is 6.85. The topological polar surface area (TPSA) is 69.4 Å². The first kappa shape index (κ1) is 15.1. The highest BCUT2D eigenvalue weighted by Crippen LogP contribution is 2.21. The van der Waals surface area contributed by atoms with Crippen LogP contribution in [0, 0.1) is 0 Å². The van der Waals surface area contributed by atoms with Crippen LogP contribution >= 0.6 is 11.6 Å². The number of hydrogen-bond acceptors (Lipinski definition) is 3. The monoisotopic (exact) mass is 303 g/mol. The molecule has 0 aliphatic heterocycles. The molecule has 0 atom stereocenters. The average molecular weight is 304 g/mol. The lowest BCUT2D eigenvalue weighted by molar-refractivity contribution is 0.0996. The van der Waals surface area contributed by atoms with Gasteiger partial charge in [-0.15, -0.1) is 11.6 Å². The molecule has 0 aromatic heterocycles. The number of hydrogen-bond donors (Lipinski definition) is 1. The molecular weight excluding hydrogens is 290 g/mol. The van der Waals surface area contributed by atoms with E-state index in [-0.39, 0.29) is 17.2 Å². The van der Waals surface area contributed by atoms with E-state index in [1.165, 1.54) is 6.07 Å². The Morgan fingerprint density at radius 2 is 1.81 bits per heavy atom. The zero-order valence-electron chi connectivity index (χ0n) is 11.2. The number of rotatable bonds is 6. The summed E-state index contributed by atoms with van der Waals surface area (Å²) in [6.45, 7) is 0.309. The third-order valence-electron chi connectivity index (χ3n) is 2.93. The van der Waals surface area contributed by atoms with Crippen LogP contribution in [-0.4, -0.2) is 17.6 Å². The molecule has 0 heterocycles. The zero-order valence-corrected chi connectivity index (χ0v) is 12.0. The van der Waals surface area contributed by atoms with Gasteiger partial charge < -0.3 is 10.5 Å². The number of ether oxygens (including phenoxy) is 1. The van der Waals surface area contributed by atoms with E-state index in [0.29, 0.717) is 17.9 Å². The normalized spacial score (nSPS) is 10.1. The molecular formula is C16H14ClNO3. The minimum Gasteiger partial charge on any atom is -0.488 e. The summed E-state index contributed by atoms with van der Waals surface area (Å²) in [5, 5.41) is 0. The molecule has 0 saturated carbocycles. The number of alkyl halides is 1. The maximum Gasteiger partial charge on any atom is 0.252 e. The highest BCUT2D eigenvalue weighted by molar-refractivity contribution is 6.30. The lowest BCUT2D eigenvalue weighted by Gasteiger charge is -2.11. The molecule has 108 valence electrons. The molecule has 0 fully saturated rings. The Bertz CT molecular complexity index is 656. The lowest BCUT2D eigenvalue weighted by atomic mass is 10.1. The van der Waals surface area contributed by atoms with E-state index in [2.05, 4.69) is 0 Å². The molecule has 0 aliphatic rings. The molecule has 2 rings (SSSR count). The summed E-state index contributed by atoms with van der Waals surface area (Å²) in [6.07, 6.45) is 0. The fourth-order valence-corrected chi connectivity index (χ4v) is 1.99. The molecule has 0 bridgehead atoms. The van der Waals surface area contributed by atoms with Gasteiger partial charge >= 0.3 is 0 Å². The number of ketones is 1. The largest absolute Gasteiger partial charge is 0.488 e. The number of Topliss-reactive ketones (excluding diaryl/α,β-unsaturated/α-hetero) is 1. The zero-order chi connectivity index (χ0) is 15.2. The van der Waals surface area contributed by atoms with Crippen LogP contribution in [0.5, 0.6) is 5.75 Å². The van der Waals surface area contributed by atoms with Gasteiger partial charge in [-0.1, -0.05) is 30.3 Å². The van der Waals surface area contributed by atoms with Gasteiger partial charge in [-0.2, -0.15) is 0 Å². The minimum absolute atomic E-state index is 0.150. The maximum atomic E-state index is 11.6. The number of carbonyl (C=O) groups is 2. The second-order valence-electron chi connectivity index (χ2n) is 4.41. The van der Waals surface area contributed by atoms with Crippen LogP contribution in [-0.2, 0) is 6.61 Å². The van der Waals surface area contributed by atoms with E-state index in [1.54, 1.807) is 12.1 Å². The van der Waals surface area contributed by atoms with Gasteiger partial charge in [0.15, 0.2) is 5.78 Å². The highest BCUT2D eigenvalue weighted by Gasteiger charge is 2.14. The van der Waals surface area contributed by atoms with E-state index in [1.807, 2.05) is 30.3 Å². The predicted octanol–water partition coefficient (Wildman–Crippen LogP) is 2.79. The summed E-state index contributed by atoms with van der Waals surface area (Å²) in [5.74, 6) is -0.726. The first-order chi connectivity index (χ1) is 10.1. The summed E-state index contributed by atoms with van der Waals surface area (Å²) in [4.78, 5) is 23.0. The van der Waals surface area contributed by atoms with E-state index < -0.39 is 5.91 Å². The van der Waals surface area contributed by atoms with Crippen molar-refractivity contribution in [3.8, 4) is 5.75 Å². The number of halogens is 1. The summed E-state index contributed by atoms with van der Waals surface area (Å²) in [6, 6.07) is 14.1. The molecule has 5 heteroatoms. The van der Waals surface area contributed by atoms with Crippen molar-refractivity contribution < 1.29 is 14.3 Å². The molecule has 2 aromatic rings. The van der Waals surface area contributed by atoms with Crippen LogP contribution in [0.1, 0.15) is 26.3 Å². The number of nitrogens with two attached hydrogens (primary N) is 1. The summed E-state index contributed by atoms with van der Waals surface area (Å²) < 4.78 is 5.61. The molecule has 0 aliphatic carbocycles. The molecule has 2 aromatic carbocycles. The smallest absolute Gasteiger partial charge is 0.252 e. The van der Waals surface area contributed by atoms with Crippen molar-refractivity contribution in [2.75, 3.05) is 5.88 Å². The van der Waals surface area contributed by atoms with Crippen molar-refractivity contribution in [1.82, 2.24) is 0 Å². The number of primary amides is 1. The molecule has 21 heavy (non-hydrogen) atoms. The second-order valence-corrected chi connectivity index (χ2v) is 4.67. The van der Waals surface area contributed by atoms with E-state index in [4.69, 9.17) is 22.1 Å². The van der Waals surface area contributed by atoms with Gasteiger partial charge in [0.25, 0.3) is 5.91 Å². The Morgan fingerprint density at radius 1 is 1.10 bits per heavy atom. The van der Waals surface area contributed by atoms with E-state index in [0.717, 1.165) is 5.56 Å². The summed E-state index contributed by atoms with van der Waals surface area (Å²) >= 11 is 5.50. The van der Waals surface area contributed by atoms with Gasteiger partial charge in [-0.05, 0) is 23.8 Å². The SMILES string of the molecule is NC(=O)c1cc(C(=O)CCl)ccc1OCc1ccccc1. The Balaban J connectivity index is 2.22. The van der Waals surface area contributed by atoms with Crippen LogP contribution in [0.25, 0.3) is 0 Å². The van der Waals surface area contributed by atoms with E-state index >= 15 is 0 Å². The lowest BCUT2D eigenvalue weighted by Crippen LogP contribution is -2.14. The van der Waals surface area contributed by atoms with Crippen LogP contribution in [0.15, 0.2) is 48.5 Å². The Kier molecular flexibility index (Phi) is 4.95. The van der Waals surface area contributed by atoms with Crippen molar-refractivity contribution in [1.29, 1.82) is 0 Å². The van der Waals surface area contributed by atoms with Crippen molar-refractivity contribution in [3.05, 3.63) is 65.2 Å². The van der Waals surface area contributed by atoms with Gasteiger partial charge in [0.05, 0.1) is 11.4 Å². The third kappa shape index (κ3) is 3.83. The van der Waals surface area contributed by atoms with Crippen molar-refractivity contribution in [2.45, 2.75) is 6.61 Å². The first-order valence-electron chi connectivity index (χ1n) is 6.31. The van der Waals surface area contributed by atoms with E-state index in [9.17, 15) is 9.59 Å². The van der Waals surface area contributed by atoms with Crippen LogP contribution in [0.2, 0.25) is 0 Å². The summed E-state index contributed by atoms with van der Waals surface area (Å²) in [7, 11) is 0. The second kappa shape index (κ2) is 6.90.